The van der Waals surface area contributed by atoms with E-state index in [9.17, 15) is 24.3 Å². The monoisotopic (exact) mass is 523 g/mol. The van der Waals surface area contributed by atoms with Crippen LogP contribution in [-0.4, -0.2) is 71.0 Å². The number of aryl methyl sites for hydroxylation is 1. The molecule has 0 radical (unpaired) electrons. The summed E-state index contributed by atoms with van der Waals surface area (Å²) in [4.78, 5) is 52.1. The predicted octanol–water partition coefficient (Wildman–Crippen LogP) is 2.65. The van der Waals surface area contributed by atoms with Gasteiger partial charge in [0.15, 0.2) is 0 Å². The molecule has 0 aliphatic heterocycles. The lowest BCUT2D eigenvalue weighted by atomic mass is 9.99. The van der Waals surface area contributed by atoms with E-state index in [2.05, 4.69) is 29.8 Å². The standard InChI is InChI=1S/C25H37N3O7S/c1-7-14-28(23(32)18(15-36)27-24(33)35-25(4,5)6)20(17-11-9-10-16(3)21(17)30)22(31)26-13-12-19(29)34-8-2/h7,9-11,18,20,30,36H,1,8,12-15H2,2-6H3,(H,26,31)(H,27,33). The van der Waals surface area contributed by atoms with Crippen molar-refractivity contribution in [2.45, 2.75) is 58.7 Å². The van der Waals surface area contributed by atoms with Crippen LogP contribution in [0, 0.1) is 6.92 Å². The number of hydrogen-bond donors (Lipinski definition) is 4. The van der Waals surface area contributed by atoms with Gasteiger partial charge in [-0.3, -0.25) is 14.4 Å². The lowest BCUT2D eigenvalue weighted by Gasteiger charge is -2.33. The number of alkyl carbamates (subject to hydrolysis) is 1. The highest BCUT2D eigenvalue weighted by Gasteiger charge is 2.36. The summed E-state index contributed by atoms with van der Waals surface area (Å²) in [6, 6.07) is 2.41. The zero-order valence-electron chi connectivity index (χ0n) is 21.5. The molecule has 3 amide bonds. The van der Waals surface area contributed by atoms with Crippen LogP contribution in [0.2, 0.25) is 0 Å². The number of para-hydroxylation sites is 1. The van der Waals surface area contributed by atoms with E-state index < -0.39 is 41.6 Å². The molecule has 2 atom stereocenters. The van der Waals surface area contributed by atoms with Gasteiger partial charge in [-0.05, 0) is 40.2 Å². The van der Waals surface area contributed by atoms with Crippen molar-refractivity contribution in [1.82, 2.24) is 15.5 Å². The molecule has 0 spiro atoms. The Kier molecular flexibility index (Phi) is 12.3. The maximum absolute atomic E-state index is 13.6. The van der Waals surface area contributed by atoms with Crippen LogP contribution in [0.25, 0.3) is 0 Å². The molecule has 0 saturated heterocycles. The SMILES string of the molecule is C=CCN(C(=O)C(CS)NC(=O)OC(C)(C)C)C(C(=O)NCCC(=O)OCC)c1cccc(C)c1O. The Morgan fingerprint density at radius 3 is 2.47 bits per heavy atom. The summed E-state index contributed by atoms with van der Waals surface area (Å²) in [6.45, 7) is 12.2. The lowest BCUT2D eigenvalue weighted by Crippen LogP contribution is -2.54. The number of benzene rings is 1. The number of esters is 1. The zero-order chi connectivity index (χ0) is 27.5. The quantitative estimate of drug-likeness (QED) is 0.188. The van der Waals surface area contributed by atoms with E-state index in [4.69, 9.17) is 9.47 Å². The van der Waals surface area contributed by atoms with Gasteiger partial charge in [-0.1, -0.05) is 24.3 Å². The van der Waals surface area contributed by atoms with E-state index in [1.807, 2.05) is 0 Å². The van der Waals surface area contributed by atoms with E-state index in [-0.39, 0.29) is 43.2 Å². The molecule has 0 aliphatic rings. The van der Waals surface area contributed by atoms with Crippen LogP contribution in [0.5, 0.6) is 5.75 Å². The summed E-state index contributed by atoms with van der Waals surface area (Å²) in [5.41, 5.74) is -0.112. The molecule has 36 heavy (non-hydrogen) atoms. The first kappa shape index (κ1) is 30.8. The van der Waals surface area contributed by atoms with Gasteiger partial charge in [0.25, 0.3) is 0 Å². The first-order valence-electron chi connectivity index (χ1n) is 11.6. The van der Waals surface area contributed by atoms with Crippen LogP contribution >= 0.6 is 12.6 Å². The first-order chi connectivity index (χ1) is 16.9. The number of rotatable bonds is 12. The van der Waals surface area contributed by atoms with Crippen molar-refractivity contribution in [2.24, 2.45) is 0 Å². The minimum atomic E-state index is -1.29. The van der Waals surface area contributed by atoms with Crippen molar-refractivity contribution in [3.05, 3.63) is 42.0 Å². The molecule has 0 aromatic heterocycles. The van der Waals surface area contributed by atoms with Crippen molar-refractivity contribution in [2.75, 3.05) is 25.4 Å². The zero-order valence-corrected chi connectivity index (χ0v) is 22.4. The maximum atomic E-state index is 13.6. The number of nitrogens with one attached hydrogen (secondary N) is 2. The third kappa shape index (κ3) is 9.44. The number of hydrogen-bond acceptors (Lipinski definition) is 8. The van der Waals surface area contributed by atoms with E-state index in [1.165, 1.54) is 17.0 Å². The Labute approximate surface area is 217 Å². The largest absolute Gasteiger partial charge is 0.507 e. The molecule has 0 aliphatic carbocycles. The van der Waals surface area contributed by atoms with Gasteiger partial charge in [0.05, 0.1) is 13.0 Å². The van der Waals surface area contributed by atoms with Crippen LogP contribution in [0.1, 0.15) is 51.3 Å². The second-order valence-electron chi connectivity index (χ2n) is 8.92. The summed E-state index contributed by atoms with van der Waals surface area (Å²) in [7, 11) is 0. The average Bonchev–Trinajstić information content (AvgIpc) is 2.78. The van der Waals surface area contributed by atoms with Gasteiger partial charge in [-0.15, -0.1) is 6.58 Å². The van der Waals surface area contributed by atoms with Gasteiger partial charge in [0.2, 0.25) is 11.8 Å². The van der Waals surface area contributed by atoms with Crippen molar-refractivity contribution < 1.29 is 33.8 Å². The van der Waals surface area contributed by atoms with Gasteiger partial charge in [0, 0.05) is 24.4 Å². The van der Waals surface area contributed by atoms with Crippen LogP contribution in [0.15, 0.2) is 30.9 Å². The topological polar surface area (TPSA) is 134 Å². The molecule has 0 heterocycles. The molecule has 0 bridgehead atoms. The summed E-state index contributed by atoms with van der Waals surface area (Å²) >= 11 is 4.20. The minimum absolute atomic E-state index is 0.0387. The number of amides is 3. The number of phenolic OH excluding ortho intramolecular Hbond substituents is 1. The summed E-state index contributed by atoms with van der Waals surface area (Å²) in [5.74, 6) is -1.99. The number of carbonyl (C=O) groups is 4. The summed E-state index contributed by atoms with van der Waals surface area (Å²) in [5, 5.41) is 15.9. The Morgan fingerprint density at radius 1 is 1.25 bits per heavy atom. The number of carbonyl (C=O) groups excluding carboxylic acids is 4. The Bertz CT molecular complexity index is 946. The second kappa shape index (κ2) is 14.4. The van der Waals surface area contributed by atoms with Crippen LogP contribution in [0.4, 0.5) is 4.79 Å². The third-order valence-corrected chi connectivity index (χ3v) is 5.20. The molecule has 2 unspecified atom stereocenters. The summed E-state index contributed by atoms with van der Waals surface area (Å²) in [6.07, 6.45) is 0.538. The van der Waals surface area contributed by atoms with Gasteiger partial charge < -0.3 is 30.1 Å². The number of ether oxygens (including phenoxy) is 2. The smallest absolute Gasteiger partial charge is 0.408 e. The molecule has 11 heteroatoms. The van der Waals surface area contributed by atoms with Crippen molar-refractivity contribution in [1.29, 1.82) is 0 Å². The molecule has 10 nitrogen and oxygen atoms in total. The number of aromatic hydroxyl groups is 1. The minimum Gasteiger partial charge on any atom is -0.507 e. The van der Waals surface area contributed by atoms with Gasteiger partial charge in [0.1, 0.15) is 23.4 Å². The van der Waals surface area contributed by atoms with E-state index >= 15 is 0 Å². The highest BCUT2D eigenvalue weighted by Crippen LogP contribution is 2.32. The third-order valence-electron chi connectivity index (χ3n) is 4.84. The van der Waals surface area contributed by atoms with Crippen LogP contribution in [0.3, 0.4) is 0 Å². The van der Waals surface area contributed by atoms with Gasteiger partial charge in [-0.2, -0.15) is 12.6 Å². The highest BCUT2D eigenvalue weighted by molar-refractivity contribution is 7.80. The lowest BCUT2D eigenvalue weighted by molar-refractivity contribution is -0.144. The molecule has 0 fully saturated rings. The fourth-order valence-corrected chi connectivity index (χ4v) is 3.52. The average molecular weight is 524 g/mol. The second-order valence-corrected chi connectivity index (χ2v) is 9.29. The van der Waals surface area contributed by atoms with Gasteiger partial charge >= 0.3 is 12.1 Å². The molecule has 1 aromatic carbocycles. The Morgan fingerprint density at radius 2 is 1.92 bits per heavy atom. The van der Waals surface area contributed by atoms with Crippen LogP contribution < -0.4 is 10.6 Å². The molecule has 1 aromatic rings. The normalized spacial score (nSPS) is 12.6. The maximum Gasteiger partial charge on any atom is 0.408 e. The molecule has 0 saturated carbocycles. The highest BCUT2D eigenvalue weighted by atomic mass is 32.1. The van der Waals surface area contributed by atoms with Gasteiger partial charge in [-0.25, -0.2) is 4.79 Å². The number of phenols is 1. The molecule has 1 rings (SSSR count). The molecular formula is C25H37N3O7S. The number of thiol groups is 1. The van der Waals surface area contributed by atoms with E-state index in [0.29, 0.717) is 5.56 Å². The van der Waals surface area contributed by atoms with E-state index in [1.54, 1.807) is 46.8 Å². The number of nitrogens with zero attached hydrogens (tertiary/aromatic N) is 1. The van der Waals surface area contributed by atoms with Crippen molar-refractivity contribution in [3.8, 4) is 5.75 Å². The van der Waals surface area contributed by atoms with Crippen molar-refractivity contribution >= 4 is 36.5 Å². The Hall–Kier alpha value is -3.21. The fraction of sp³-hybridized carbons (Fsp3) is 0.520. The molecular weight excluding hydrogens is 486 g/mol. The van der Waals surface area contributed by atoms with E-state index in [0.717, 1.165) is 0 Å². The predicted molar refractivity (Wildman–Crippen MR) is 139 cm³/mol. The van der Waals surface area contributed by atoms with Crippen LogP contribution in [-0.2, 0) is 23.9 Å². The molecule has 200 valence electrons. The summed E-state index contributed by atoms with van der Waals surface area (Å²) < 4.78 is 10.1. The fourth-order valence-electron chi connectivity index (χ4n) is 3.27. The van der Waals surface area contributed by atoms with Crippen molar-refractivity contribution in [3.63, 3.8) is 0 Å². The Balaban J connectivity index is 3.34. The first-order valence-corrected chi connectivity index (χ1v) is 12.2. The molecule has 3 N–H and O–H groups in total.